The molecule has 0 aliphatic rings. The molecule has 202 valence electrons. The summed E-state index contributed by atoms with van der Waals surface area (Å²) in [7, 11) is 0. The number of hydrogen-bond donors (Lipinski definition) is 2. The summed E-state index contributed by atoms with van der Waals surface area (Å²) in [5.74, 6) is 0.187. The predicted octanol–water partition coefficient (Wildman–Crippen LogP) is 8.29. The van der Waals surface area contributed by atoms with Gasteiger partial charge in [0.2, 0.25) is 0 Å². The molecule has 5 nitrogen and oxygen atoms in total. The summed E-state index contributed by atoms with van der Waals surface area (Å²) in [5.41, 5.74) is 3.72. The lowest BCUT2D eigenvalue weighted by atomic mass is 9.89. The Kier molecular flexibility index (Phi) is 9.21. The van der Waals surface area contributed by atoms with Gasteiger partial charge >= 0.3 is 5.97 Å². The summed E-state index contributed by atoms with van der Waals surface area (Å²) in [6.07, 6.45) is 3.41. The van der Waals surface area contributed by atoms with Gasteiger partial charge in [0.15, 0.2) is 11.5 Å². The van der Waals surface area contributed by atoms with E-state index >= 15 is 0 Å². The maximum absolute atomic E-state index is 13.4. The lowest BCUT2D eigenvalue weighted by molar-refractivity contribution is 0.0694. The summed E-state index contributed by atoms with van der Waals surface area (Å²) in [5, 5.41) is 20.3. The summed E-state index contributed by atoms with van der Waals surface area (Å²) < 4.78 is 25.6. The van der Waals surface area contributed by atoms with E-state index in [4.69, 9.17) is 9.47 Å². The molecular formula is C33H33FO5. The van der Waals surface area contributed by atoms with E-state index in [2.05, 4.69) is 13.8 Å². The summed E-state index contributed by atoms with van der Waals surface area (Å²) in [6, 6.07) is 23.7. The highest BCUT2D eigenvalue weighted by Crippen LogP contribution is 2.36. The number of carboxylic acids is 1. The van der Waals surface area contributed by atoms with E-state index in [1.807, 2.05) is 30.3 Å². The van der Waals surface area contributed by atoms with Gasteiger partial charge in [0.05, 0.1) is 6.61 Å². The minimum absolute atomic E-state index is 0.0761. The molecule has 0 aromatic heterocycles. The predicted molar refractivity (Wildman–Crippen MR) is 150 cm³/mol. The van der Waals surface area contributed by atoms with Crippen LogP contribution in [0.2, 0.25) is 0 Å². The number of phenols is 1. The van der Waals surface area contributed by atoms with Gasteiger partial charge in [-0.25, -0.2) is 9.18 Å². The average Bonchev–Trinajstić information content (AvgIpc) is 2.93. The molecule has 0 spiro atoms. The largest absolute Gasteiger partial charge is 0.507 e. The fraction of sp³-hybridized carbons (Fsp3) is 0.242. The van der Waals surface area contributed by atoms with Crippen LogP contribution in [0.25, 0.3) is 11.1 Å². The number of aromatic carboxylic acids is 1. The van der Waals surface area contributed by atoms with Crippen molar-refractivity contribution in [1.29, 1.82) is 0 Å². The van der Waals surface area contributed by atoms with E-state index in [0.29, 0.717) is 23.7 Å². The zero-order valence-corrected chi connectivity index (χ0v) is 22.2. The molecular weight excluding hydrogens is 495 g/mol. The molecule has 0 heterocycles. The minimum Gasteiger partial charge on any atom is -0.507 e. The van der Waals surface area contributed by atoms with Crippen LogP contribution in [0.5, 0.6) is 23.0 Å². The lowest BCUT2D eigenvalue weighted by Crippen LogP contribution is -2.16. The fourth-order valence-corrected chi connectivity index (χ4v) is 4.73. The Bertz CT molecular complexity index is 1410. The second kappa shape index (κ2) is 13.0. The van der Waals surface area contributed by atoms with Crippen LogP contribution in [0.1, 0.15) is 48.2 Å². The Balaban J connectivity index is 1.52. The highest BCUT2D eigenvalue weighted by atomic mass is 19.1. The van der Waals surface area contributed by atoms with E-state index in [0.717, 1.165) is 42.4 Å². The number of carboxylic acid groups (broad SMARTS) is 1. The van der Waals surface area contributed by atoms with E-state index in [9.17, 15) is 19.4 Å². The van der Waals surface area contributed by atoms with Crippen LogP contribution in [0.3, 0.4) is 0 Å². The van der Waals surface area contributed by atoms with Crippen LogP contribution < -0.4 is 9.47 Å². The number of hydrogen-bond acceptors (Lipinski definition) is 4. The van der Waals surface area contributed by atoms with E-state index in [1.54, 1.807) is 36.4 Å². The van der Waals surface area contributed by atoms with Gasteiger partial charge < -0.3 is 19.7 Å². The van der Waals surface area contributed by atoms with Crippen molar-refractivity contribution < 1.29 is 28.9 Å². The van der Waals surface area contributed by atoms with Crippen LogP contribution in [-0.2, 0) is 12.8 Å². The molecule has 4 aromatic rings. The van der Waals surface area contributed by atoms with Crippen LogP contribution in [0, 0.1) is 11.7 Å². The van der Waals surface area contributed by atoms with Crippen LogP contribution in [0.4, 0.5) is 4.39 Å². The Hall–Kier alpha value is -4.32. The molecule has 0 fully saturated rings. The zero-order valence-electron chi connectivity index (χ0n) is 22.2. The molecule has 0 radical (unpaired) electrons. The highest BCUT2D eigenvalue weighted by molar-refractivity contribution is 5.91. The average molecular weight is 529 g/mol. The van der Waals surface area contributed by atoms with Gasteiger partial charge in [-0.15, -0.1) is 0 Å². The maximum atomic E-state index is 13.4. The van der Waals surface area contributed by atoms with Crippen molar-refractivity contribution in [2.75, 3.05) is 6.61 Å². The Morgan fingerprint density at radius 2 is 1.54 bits per heavy atom. The molecule has 0 saturated carbocycles. The van der Waals surface area contributed by atoms with Gasteiger partial charge in [0, 0.05) is 5.56 Å². The quantitative estimate of drug-likeness (QED) is 0.193. The molecule has 2 N–H and O–H groups in total. The first kappa shape index (κ1) is 27.7. The molecule has 1 atom stereocenters. The molecule has 0 saturated heterocycles. The number of benzene rings is 4. The molecule has 0 aliphatic heterocycles. The van der Waals surface area contributed by atoms with Crippen molar-refractivity contribution in [2.45, 2.75) is 39.5 Å². The SMILES string of the molecule is CCCC(COc1ccccc1Oc1ccccc1C(=O)O)Cc1cc(O)c(-c2ccc(F)cc2)cc1CC. The van der Waals surface area contributed by atoms with Crippen molar-refractivity contribution >= 4 is 5.97 Å². The van der Waals surface area contributed by atoms with Gasteiger partial charge in [0.25, 0.3) is 0 Å². The number of phenolic OH excluding ortho intramolecular Hbond substituents is 1. The molecule has 0 amide bonds. The smallest absolute Gasteiger partial charge is 0.339 e. The number of aromatic hydroxyl groups is 1. The summed E-state index contributed by atoms with van der Waals surface area (Å²) in [4.78, 5) is 11.6. The Morgan fingerprint density at radius 1 is 0.872 bits per heavy atom. The van der Waals surface area contributed by atoms with Crippen molar-refractivity contribution in [1.82, 2.24) is 0 Å². The van der Waals surface area contributed by atoms with Crippen molar-refractivity contribution in [2.24, 2.45) is 5.92 Å². The lowest BCUT2D eigenvalue weighted by Gasteiger charge is -2.21. The highest BCUT2D eigenvalue weighted by Gasteiger charge is 2.18. The third kappa shape index (κ3) is 6.96. The first-order chi connectivity index (χ1) is 18.9. The third-order valence-corrected chi connectivity index (χ3v) is 6.72. The first-order valence-electron chi connectivity index (χ1n) is 13.2. The monoisotopic (exact) mass is 528 g/mol. The van der Waals surface area contributed by atoms with Crippen LogP contribution >= 0.6 is 0 Å². The minimum atomic E-state index is -1.06. The van der Waals surface area contributed by atoms with Crippen molar-refractivity contribution in [3.8, 4) is 34.1 Å². The summed E-state index contributed by atoms with van der Waals surface area (Å²) >= 11 is 0. The number of para-hydroxylation sites is 3. The third-order valence-electron chi connectivity index (χ3n) is 6.72. The standard InChI is InChI=1S/C33H33FO5/c1-3-9-22(18-25-20-29(35)28(19-23(25)4-2)24-14-16-26(34)17-15-24)21-38-31-12-7-8-13-32(31)39-30-11-6-5-10-27(30)33(36)37/h5-8,10-17,19-20,22,35H,3-4,9,18,21H2,1-2H3,(H,36,37). The molecule has 1 unspecified atom stereocenters. The normalized spacial score (nSPS) is 11.7. The van der Waals surface area contributed by atoms with Crippen LogP contribution in [0.15, 0.2) is 84.9 Å². The van der Waals surface area contributed by atoms with Gasteiger partial charge in [-0.3, -0.25) is 0 Å². The molecule has 39 heavy (non-hydrogen) atoms. The summed E-state index contributed by atoms with van der Waals surface area (Å²) in [6.45, 7) is 4.64. The second-order valence-corrected chi connectivity index (χ2v) is 9.52. The number of halogens is 1. The topological polar surface area (TPSA) is 76.0 Å². The Labute approximate surface area is 228 Å². The van der Waals surface area contributed by atoms with E-state index in [-0.39, 0.29) is 28.8 Å². The zero-order chi connectivity index (χ0) is 27.8. The molecule has 0 aliphatic carbocycles. The van der Waals surface area contributed by atoms with Crippen molar-refractivity contribution in [3.63, 3.8) is 0 Å². The number of rotatable bonds is 12. The first-order valence-corrected chi connectivity index (χ1v) is 13.2. The van der Waals surface area contributed by atoms with Gasteiger partial charge in [0.1, 0.15) is 22.9 Å². The number of aryl methyl sites for hydroxylation is 1. The molecule has 0 bridgehead atoms. The van der Waals surface area contributed by atoms with Gasteiger partial charge in [-0.1, -0.05) is 56.7 Å². The van der Waals surface area contributed by atoms with Crippen LogP contribution in [-0.4, -0.2) is 22.8 Å². The Morgan fingerprint density at radius 3 is 2.21 bits per heavy atom. The molecule has 4 rings (SSSR count). The maximum Gasteiger partial charge on any atom is 0.339 e. The van der Waals surface area contributed by atoms with Crippen molar-refractivity contribution in [3.05, 3.63) is 107 Å². The second-order valence-electron chi connectivity index (χ2n) is 9.52. The van der Waals surface area contributed by atoms with E-state index in [1.165, 1.54) is 18.2 Å². The van der Waals surface area contributed by atoms with Gasteiger partial charge in [-0.2, -0.15) is 0 Å². The van der Waals surface area contributed by atoms with E-state index < -0.39 is 5.97 Å². The fourth-order valence-electron chi connectivity index (χ4n) is 4.73. The molecule has 6 heteroatoms. The van der Waals surface area contributed by atoms with Gasteiger partial charge in [-0.05, 0) is 90.4 Å². The number of carbonyl (C=O) groups is 1. The number of ether oxygens (including phenoxy) is 2. The molecule has 4 aromatic carbocycles.